The molecule has 0 aliphatic carbocycles. The predicted molar refractivity (Wildman–Crippen MR) is 38.4 cm³/mol. The van der Waals surface area contributed by atoms with E-state index in [1.54, 1.807) is 0 Å². The highest BCUT2D eigenvalue weighted by molar-refractivity contribution is 6.20. The molecule has 0 bridgehead atoms. The van der Waals surface area contributed by atoms with Crippen LogP contribution in [0.2, 0.25) is 0 Å². The van der Waals surface area contributed by atoms with Crippen molar-refractivity contribution in [2.24, 2.45) is 5.73 Å². The summed E-state index contributed by atoms with van der Waals surface area (Å²) < 4.78 is 0. The minimum Gasteiger partial charge on any atom is -0.315 e. The standard InChI is InChI=1S/C5H11Cl2N/c6-4-2-1-3-5(7)8/h5H,1-4,8H2. The van der Waals surface area contributed by atoms with Crippen LogP contribution in [0.25, 0.3) is 0 Å². The lowest BCUT2D eigenvalue weighted by Crippen LogP contribution is -2.10. The average molecular weight is 156 g/mol. The molecule has 0 saturated carbocycles. The third-order valence-electron chi connectivity index (χ3n) is 0.864. The molecule has 0 heterocycles. The van der Waals surface area contributed by atoms with E-state index in [9.17, 15) is 0 Å². The van der Waals surface area contributed by atoms with Crippen LogP contribution >= 0.6 is 23.2 Å². The van der Waals surface area contributed by atoms with Crippen molar-refractivity contribution in [2.75, 3.05) is 5.88 Å². The van der Waals surface area contributed by atoms with Gasteiger partial charge in [0.2, 0.25) is 0 Å². The molecule has 3 heteroatoms. The van der Waals surface area contributed by atoms with Crippen LogP contribution in [0, 0.1) is 0 Å². The molecular formula is C5H11Cl2N. The van der Waals surface area contributed by atoms with Gasteiger partial charge in [0.1, 0.15) is 0 Å². The number of hydrogen-bond acceptors (Lipinski definition) is 1. The van der Waals surface area contributed by atoms with Gasteiger partial charge in [0.05, 0.1) is 5.50 Å². The van der Waals surface area contributed by atoms with Gasteiger partial charge in [0.25, 0.3) is 0 Å². The molecule has 1 unspecified atom stereocenters. The molecule has 1 nitrogen and oxygen atoms in total. The van der Waals surface area contributed by atoms with Crippen molar-refractivity contribution < 1.29 is 0 Å². The Balaban J connectivity index is 2.72. The van der Waals surface area contributed by atoms with Gasteiger partial charge in [0.15, 0.2) is 0 Å². The summed E-state index contributed by atoms with van der Waals surface area (Å²) in [7, 11) is 0. The van der Waals surface area contributed by atoms with E-state index in [1.165, 1.54) is 0 Å². The zero-order chi connectivity index (χ0) is 6.41. The first kappa shape index (κ1) is 8.54. The van der Waals surface area contributed by atoms with E-state index in [0.717, 1.165) is 19.3 Å². The molecule has 0 aliphatic heterocycles. The van der Waals surface area contributed by atoms with Gasteiger partial charge in [-0.3, -0.25) is 0 Å². The predicted octanol–water partition coefficient (Wildman–Crippen LogP) is 1.92. The van der Waals surface area contributed by atoms with Crippen LogP contribution in [-0.4, -0.2) is 11.4 Å². The lowest BCUT2D eigenvalue weighted by molar-refractivity contribution is 0.696. The highest BCUT2D eigenvalue weighted by atomic mass is 35.5. The summed E-state index contributed by atoms with van der Waals surface area (Å²) in [6.45, 7) is 0. The van der Waals surface area contributed by atoms with Gasteiger partial charge in [-0.15, -0.1) is 23.2 Å². The quantitative estimate of drug-likeness (QED) is 0.375. The Labute approximate surface area is 60.1 Å². The first-order valence-electron chi connectivity index (χ1n) is 2.73. The van der Waals surface area contributed by atoms with E-state index < -0.39 is 0 Å². The van der Waals surface area contributed by atoms with Crippen LogP contribution in [0.5, 0.6) is 0 Å². The Hall–Kier alpha value is 0.540. The molecule has 1 atom stereocenters. The number of rotatable bonds is 4. The number of unbranched alkanes of at least 4 members (excludes halogenated alkanes) is 1. The second-order valence-electron chi connectivity index (χ2n) is 1.70. The highest BCUT2D eigenvalue weighted by Crippen LogP contribution is 2.02. The summed E-state index contributed by atoms with van der Waals surface area (Å²) in [4.78, 5) is 0. The maximum Gasteiger partial charge on any atom is 0.0800 e. The molecule has 0 amide bonds. The number of halogens is 2. The second-order valence-corrected chi connectivity index (χ2v) is 2.64. The molecule has 0 aromatic heterocycles. The van der Waals surface area contributed by atoms with E-state index in [1.807, 2.05) is 0 Å². The fraction of sp³-hybridized carbons (Fsp3) is 1.00. The lowest BCUT2D eigenvalue weighted by atomic mass is 10.2. The maximum atomic E-state index is 5.45. The van der Waals surface area contributed by atoms with E-state index in [2.05, 4.69) is 0 Å². The van der Waals surface area contributed by atoms with Crippen LogP contribution in [0.4, 0.5) is 0 Å². The number of nitrogens with two attached hydrogens (primary N) is 1. The fourth-order valence-electron chi connectivity index (χ4n) is 0.434. The molecule has 0 rings (SSSR count). The van der Waals surface area contributed by atoms with Gasteiger partial charge >= 0.3 is 0 Å². The lowest BCUT2D eigenvalue weighted by Gasteiger charge is -1.98. The van der Waals surface area contributed by atoms with Crippen LogP contribution in [0.1, 0.15) is 19.3 Å². The molecule has 50 valence electrons. The van der Waals surface area contributed by atoms with E-state index in [4.69, 9.17) is 28.9 Å². The number of alkyl halides is 2. The van der Waals surface area contributed by atoms with Gasteiger partial charge in [-0.25, -0.2) is 0 Å². The molecule has 0 aliphatic rings. The van der Waals surface area contributed by atoms with Crippen molar-refractivity contribution in [1.82, 2.24) is 0 Å². The Morgan fingerprint density at radius 2 is 2.00 bits per heavy atom. The van der Waals surface area contributed by atoms with E-state index >= 15 is 0 Å². The Bertz CT molecular complexity index is 47.7. The molecule has 0 aromatic rings. The summed E-state index contributed by atoms with van der Waals surface area (Å²) >= 11 is 10.8. The van der Waals surface area contributed by atoms with Gasteiger partial charge in [0, 0.05) is 5.88 Å². The Morgan fingerprint density at radius 1 is 1.38 bits per heavy atom. The minimum absolute atomic E-state index is 0.182. The van der Waals surface area contributed by atoms with Crippen LogP contribution in [-0.2, 0) is 0 Å². The van der Waals surface area contributed by atoms with Gasteiger partial charge in [-0.05, 0) is 19.3 Å². The zero-order valence-electron chi connectivity index (χ0n) is 4.74. The minimum atomic E-state index is -0.182. The molecule has 0 fully saturated rings. The van der Waals surface area contributed by atoms with Crippen molar-refractivity contribution in [3.05, 3.63) is 0 Å². The van der Waals surface area contributed by atoms with Crippen molar-refractivity contribution >= 4 is 23.2 Å². The smallest absolute Gasteiger partial charge is 0.0800 e. The summed E-state index contributed by atoms with van der Waals surface area (Å²) in [5.74, 6) is 0.712. The third-order valence-corrected chi connectivity index (χ3v) is 1.35. The normalized spacial score (nSPS) is 13.9. The van der Waals surface area contributed by atoms with Crippen LogP contribution in [0.3, 0.4) is 0 Å². The molecule has 0 aromatic carbocycles. The molecule has 8 heavy (non-hydrogen) atoms. The second kappa shape index (κ2) is 5.67. The van der Waals surface area contributed by atoms with Crippen LogP contribution < -0.4 is 5.73 Å². The topological polar surface area (TPSA) is 26.0 Å². The highest BCUT2D eigenvalue weighted by Gasteiger charge is 1.93. The van der Waals surface area contributed by atoms with Crippen molar-refractivity contribution in [1.29, 1.82) is 0 Å². The summed E-state index contributed by atoms with van der Waals surface area (Å²) in [5, 5.41) is 0. The van der Waals surface area contributed by atoms with E-state index in [-0.39, 0.29) is 5.50 Å². The fourth-order valence-corrected chi connectivity index (χ4v) is 0.777. The zero-order valence-corrected chi connectivity index (χ0v) is 6.25. The Morgan fingerprint density at radius 3 is 2.38 bits per heavy atom. The molecule has 0 radical (unpaired) electrons. The molecular weight excluding hydrogens is 145 g/mol. The molecule has 2 N–H and O–H groups in total. The summed E-state index contributed by atoms with van der Waals surface area (Å²) in [5.41, 5.74) is 5.07. The average Bonchev–Trinajstić information content (AvgIpc) is 1.66. The SMILES string of the molecule is NC(Cl)CCCCCl. The number of hydrogen-bond donors (Lipinski definition) is 1. The van der Waals surface area contributed by atoms with Crippen LogP contribution in [0.15, 0.2) is 0 Å². The van der Waals surface area contributed by atoms with Gasteiger partial charge < -0.3 is 5.73 Å². The van der Waals surface area contributed by atoms with Crippen molar-refractivity contribution in [3.8, 4) is 0 Å². The monoisotopic (exact) mass is 155 g/mol. The van der Waals surface area contributed by atoms with E-state index in [0.29, 0.717) is 5.88 Å². The summed E-state index contributed by atoms with van der Waals surface area (Å²) in [6.07, 6.45) is 2.92. The first-order chi connectivity index (χ1) is 3.77. The van der Waals surface area contributed by atoms with Crippen molar-refractivity contribution in [2.45, 2.75) is 24.8 Å². The van der Waals surface area contributed by atoms with Gasteiger partial charge in [-0.2, -0.15) is 0 Å². The summed E-state index contributed by atoms with van der Waals surface area (Å²) in [6, 6.07) is 0. The van der Waals surface area contributed by atoms with Crippen molar-refractivity contribution in [3.63, 3.8) is 0 Å². The third kappa shape index (κ3) is 6.54. The Kier molecular flexibility index (Phi) is 6.06. The maximum absolute atomic E-state index is 5.45. The van der Waals surface area contributed by atoms with Gasteiger partial charge in [-0.1, -0.05) is 0 Å². The first-order valence-corrected chi connectivity index (χ1v) is 3.70. The molecule has 0 spiro atoms. The largest absolute Gasteiger partial charge is 0.315 e. The molecule has 0 saturated heterocycles.